The van der Waals surface area contributed by atoms with Gasteiger partial charge in [-0.3, -0.25) is 4.79 Å². The Morgan fingerprint density at radius 2 is 1.29 bits per heavy atom. The van der Waals surface area contributed by atoms with Gasteiger partial charge in [0.2, 0.25) is 0 Å². The molecule has 0 aliphatic rings. The van der Waals surface area contributed by atoms with Crippen molar-refractivity contribution in [1.82, 2.24) is 0 Å². The minimum atomic E-state index is 0. The van der Waals surface area contributed by atoms with Crippen LogP contribution in [0.2, 0.25) is 0 Å². The quantitative estimate of drug-likeness (QED) is 0.465. The predicted molar refractivity (Wildman–Crippen MR) is 26.2 cm³/mol. The largest absolute Gasteiger partial charge is 0.281 e. The molecular formula is C5H8CoO. The molecule has 0 aromatic rings. The van der Waals surface area contributed by atoms with Crippen LogP contribution in [0.5, 0.6) is 0 Å². The van der Waals surface area contributed by atoms with Crippen LogP contribution in [0.15, 0.2) is 12.2 Å². The van der Waals surface area contributed by atoms with Crippen LogP contribution in [-0.2, 0) is 21.6 Å². The van der Waals surface area contributed by atoms with Gasteiger partial charge in [-0.15, -0.1) is 0 Å². The minimum Gasteiger partial charge on any atom is -0.281 e. The van der Waals surface area contributed by atoms with Crippen LogP contribution in [0, 0.1) is 0 Å². The molecule has 0 spiro atoms. The van der Waals surface area contributed by atoms with E-state index in [-0.39, 0.29) is 16.8 Å². The van der Waals surface area contributed by atoms with Crippen molar-refractivity contribution in [3.8, 4) is 0 Å². The molecule has 0 saturated heterocycles. The van der Waals surface area contributed by atoms with E-state index in [9.17, 15) is 0 Å². The molecule has 0 amide bonds. The molecular weight excluding hydrogens is 135 g/mol. The van der Waals surface area contributed by atoms with Crippen molar-refractivity contribution >= 4 is 6.79 Å². The summed E-state index contributed by atoms with van der Waals surface area (Å²) in [6.07, 6.45) is 4.00. The second kappa shape index (κ2) is 38.9. The van der Waals surface area contributed by atoms with Crippen LogP contribution < -0.4 is 0 Å². The molecule has 7 heavy (non-hydrogen) atoms. The monoisotopic (exact) mass is 143 g/mol. The van der Waals surface area contributed by atoms with Crippen LogP contribution in [0.4, 0.5) is 0 Å². The number of carbonyl (C=O) groups excluding carboxylic acids is 1. The second-order valence-electron chi connectivity index (χ2n) is 0.667. The molecule has 0 aliphatic carbocycles. The topological polar surface area (TPSA) is 17.1 Å². The van der Waals surface area contributed by atoms with Gasteiger partial charge in [-0.1, -0.05) is 12.2 Å². The first-order chi connectivity index (χ1) is 2.91. The summed E-state index contributed by atoms with van der Waals surface area (Å²) in [5.41, 5.74) is 0. The van der Waals surface area contributed by atoms with Crippen molar-refractivity contribution in [2.75, 3.05) is 0 Å². The van der Waals surface area contributed by atoms with Crippen molar-refractivity contribution in [2.45, 2.75) is 13.8 Å². The molecule has 1 nitrogen and oxygen atoms in total. The molecule has 0 rings (SSSR count). The average Bonchev–Trinajstić information content (AvgIpc) is 1.72. The summed E-state index contributed by atoms with van der Waals surface area (Å²) in [4.78, 5) is 7.50. The second-order valence-corrected chi connectivity index (χ2v) is 0.667. The molecule has 0 unspecified atom stereocenters. The number of rotatable bonds is 0. The molecule has 0 aliphatic heterocycles. The molecule has 0 saturated carbocycles. The standard InChI is InChI=1S/C4H8.CO.Co/c1-3-4-2;1-2;/h3-4H,1-2H3;;. The van der Waals surface area contributed by atoms with E-state index in [0.29, 0.717) is 0 Å². The van der Waals surface area contributed by atoms with Crippen molar-refractivity contribution in [3.05, 3.63) is 12.2 Å². The number of hydrogen-bond acceptors (Lipinski definition) is 1. The molecule has 2 heteroatoms. The van der Waals surface area contributed by atoms with Crippen LogP contribution in [-0.4, -0.2) is 6.79 Å². The average molecular weight is 143 g/mol. The molecule has 0 heterocycles. The van der Waals surface area contributed by atoms with Gasteiger partial charge in [0.15, 0.2) is 0 Å². The number of allylic oxidation sites excluding steroid dienone is 2. The van der Waals surface area contributed by atoms with Gasteiger partial charge in [0.1, 0.15) is 0 Å². The summed E-state index contributed by atoms with van der Waals surface area (Å²) in [7, 11) is 0. The van der Waals surface area contributed by atoms with Crippen LogP contribution in [0.3, 0.4) is 0 Å². The van der Waals surface area contributed by atoms with Gasteiger partial charge in [-0.2, -0.15) is 0 Å². The maximum Gasteiger partial charge on any atom is 0.281 e. The smallest absolute Gasteiger partial charge is 0.281 e. The summed E-state index contributed by atoms with van der Waals surface area (Å²) in [5, 5.41) is 0. The summed E-state index contributed by atoms with van der Waals surface area (Å²) in [6, 6.07) is 0. The molecule has 0 aromatic carbocycles. The molecule has 3 radical (unpaired) electrons. The van der Waals surface area contributed by atoms with Gasteiger partial charge in [0.25, 0.3) is 6.79 Å². The Kier molecular flexibility index (Phi) is 87.8. The van der Waals surface area contributed by atoms with E-state index in [1.165, 1.54) is 0 Å². The molecule has 43 valence electrons. The first kappa shape index (κ1) is 15.8. The maximum absolute atomic E-state index is 7.50. The molecule has 0 N–H and O–H groups in total. The van der Waals surface area contributed by atoms with E-state index < -0.39 is 0 Å². The van der Waals surface area contributed by atoms with E-state index in [1.54, 1.807) is 0 Å². The zero-order valence-electron chi connectivity index (χ0n) is 4.40. The van der Waals surface area contributed by atoms with Crippen molar-refractivity contribution < 1.29 is 21.6 Å². The Labute approximate surface area is 55.0 Å². The Hall–Kier alpha value is -0.0835. The molecule has 0 fully saturated rings. The third-order valence-corrected chi connectivity index (χ3v) is 0.333. The first-order valence-corrected chi connectivity index (χ1v) is 1.69. The van der Waals surface area contributed by atoms with Crippen molar-refractivity contribution in [2.24, 2.45) is 0 Å². The van der Waals surface area contributed by atoms with Gasteiger partial charge in [-0.05, 0) is 13.8 Å². The van der Waals surface area contributed by atoms with Crippen molar-refractivity contribution in [3.63, 3.8) is 0 Å². The molecule has 0 atom stereocenters. The van der Waals surface area contributed by atoms with E-state index >= 15 is 0 Å². The van der Waals surface area contributed by atoms with Crippen molar-refractivity contribution in [1.29, 1.82) is 0 Å². The van der Waals surface area contributed by atoms with Crippen LogP contribution >= 0.6 is 0 Å². The minimum absolute atomic E-state index is 0. The summed E-state index contributed by atoms with van der Waals surface area (Å²) in [6.45, 7) is 8.50. The van der Waals surface area contributed by atoms with Crippen LogP contribution in [0.1, 0.15) is 13.8 Å². The van der Waals surface area contributed by atoms with E-state index in [4.69, 9.17) is 4.79 Å². The van der Waals surface area contributed by atoms with Gasteiger partial charge in [-0.25, -0.2) is 0 Å². The summed E-state index contributed by atoms with van der Waals surface area (Å²) < 4.78 is 0. The third-order valence-electron chi connectivity index (χ3n) is 0.333. The normalized spacial score (nSPS) is 6.00. The molecule has 0 bridgehead atoms. The maximum atomic E-state index is 7.50. The summed E-state index contributed by atoms with van der Waals surface area (Å²) >= 11 is 0. The molecule has 0 aromatic heterocycles. The fraction of sp³-hybridized carbons (Fsp3) is 0.400. The Morgan fingerprint density at radius 1 is 1.14 bits per heavy atom. The zero-order valence-corrected chi connectivity index (χ0v) is 5.44. The number of hydrogen-bond donors (Lipinski definition) is 0. The van der Waals surface area contributed by atoms with Crippen LogP contribution in [0.25, 0.3) is 0 Å². The fourth-order valence-electron chi connectivity index (χ4n) is 0. The van der Waals surface area contributed by atoms with Gasteiger partial charge in [0, 0.05) is 16.8 Å². The SMILES string of the molecule is CC=CC.[C]=O.[Co]. The van der Waals surface area contributed by atoms with E-state index in [2.05, 4.69) is 6.79 Å². The van der Waals surface area contributed by atoms with E-state index in [0.717, 1.165) is 0 Å². The Bertz CT molecular complexity index is 31.1. The summed E-state index contributed by atoms with van der Waals surface area (Å²) in [5.74, 6) is 0. The third kappa shape index (κ3) is 108. The fourth-order valence-corrected chi connectivity index (χ4v) is 0. The first-order valence-electron chi connectivity index (χ1n) is 1.69. The van der Waals surface area contributed by atoms with Gasteiger partial charge in [0.05, 0.1) is 0 Å². The van der Waals surface area contributed by atoms with E-state index in [1.807, 2.05) is 26.0 Å². The predicted octanol–water partition coefficient (Wildman–Crippen LogP) is 1.18. The Morgan fingerprint density at radius 3 is 1.29 bits per heavy atom. The van der Waals surface area contributed by atoms with Gasteiger partial charge < -0.3 is 0 Å². The Balaban J connectivity index is -0.0000000480. The van der Waals surface area contributed by atoms with Gasteiger partial charge >= 0.3 is 0 Å². The zero-order chi connectivity index (χ0) is 5.41.